The molecule has 3 aromatic heterocycles. The number of fused-ring (bicyclic) bond motifs is 6. The van der Waals surface area contributed by atoms with Crippen LogP contribution in [0.5, 0.6) is 0 Å². The van der Waals surface area contributed by atoms with Gasteiger partial charge in [-0.2, -0.15) is 0 Å². The van der Waals surface area contributed by atoms with Crippen LogP contribution in [-0.4, -0.2) is 15.0 Å². The smallest absolute Gasteiger partial charge is 0.164 e. The molecule has 0 fully saturated rings. The monoisotopic (exact) mass is 750 g/mol. The van der Waals surface area contributed by atoms with E-state index in [2.05, 4.69) is 140 Å². The Balaban J connectivity index is 1.03. The molecule has 0 spiro atoms. The number of aromatic nitrogens is 3. The summed E-state index contributed by atoms with van der Waals surface area (Å²) in [6.07, 6.45) is 0. The standard InChI is InChI=1S/C51H31N3S2/c1-3-12-32(13-4-1)36-16-9-17-37(30-36)33-24-26-34(27-25-33)38-28-29-44-42(31-38)48-41(20-11-23-46(48)56-44)51-53-49(35-14-5-2-6-15-35)52-50(54-51)40-19-10-22-45-47(40)39-18-7-8-21-43(39)55-45/h1-31H/i1D. The SMILES string of the molecule is [2H]c1ccc(-c2cccc(-c3ccc(-c4ccc5sc6cccc(-c7nc(-c8ccccc8)nc(-c8cccc9sc%10ccccc%10c89)n7)c6c5c4)cc3)c2)cc1. The van der Waals surface area contributed by atoms with Gasteiger partial charge in [-0.25, -0.2) is 15.0 Å². The molecule has 3 heterocycles. The molecule has 0 N–H and O–H groups in total. The predicted octanol–water partition coefficient (Wildman–Crippen LogP) is 14.6. The minimum absolute atomic E-state index is 0.518. The lowest BCUT2D eigenvalue weighted by atomic mass is 9.96. The summed E-state index contributed by atoms with van der Waals surface area (Å²) in [5, 5.41) is 4.73. The summed E-state index contributed by atoms with van der Waals surface area (Å²) in [6, 6.07) is 64.1. The number of hydrogen-bond acceptors (Lipinski definition) is 5. The van der Waals surface area contributed by atoms with E-state index in [0.717, 1.165) is 55.5 Å². The fraction of sp³-hybridized carbons (Fsp3) is 0. The highest BCUT2D eigenvalue weighted by atomic mass is 32.1. The summed E-state index contributed by atoms with van der Waals surface area (Å²) in [4.78, 5) is 15.6. The molecule has 0 radical (unpaired) electrons. The Morgan fingerprint density at radius 1 is 0.321 bits per heavy atom. The Morgan fingerprint density at radius 2 is 0.786 bits per heavy atom. The van der Waals surface area contributed by atoms with Crippen LogP contribution in [-0.2, 0) is 0 Å². The van der Waals surface area contributed by atoms with Crippen molar-refractivity contribution in [3.8, 4) is 67.5 Å². The molecule has 0 atom stereocenters. The molecule has 0 aliphatic heterocycles. The van der Waals surface area contributed by atoms with Crippen molar-refractivity contribution in [2.24, 2.45) is 0 Å². The van der Waals surface area contributed by atoms with Crippen LogP contribution in [0.25, 0.3) is 108 Å². The fourth-order valence-corrected chi connectivity index (χ4v) is 10.0. The zero-order valence-electron chi connectivity index (χ0n) is 31.0. The van der Waals surface area contributed by atoms with E-state index in [0.29, 0.717) is 23.5 Å². The number of hydrogen-bond donors (Lipinski definition) is 0. The quantitative estimate of drug-likeness (QED) is 0.170. The first-order valence-corrected chi connectivity index (χ1v) is 20.2. The highest BCUT2D eigenvalue weighted by Gasteiger charge is 2.19. The van der Waals surface area contributed by atoms with Gasteiger partial charge in [0.2, 0.25) is 0 Å². The maximum Gasteiger partial charge on any atom is 0.164 e. The third kappa shape index (κ3) is 5.68. The molecule has 3 nitrogen and oxygen atoms in total. The number of benzene rings is 8. The summed E-state index contributed by atoms with van der Waals surface area (Å²) in [7, 11) is 0. The molecule has 11 aromatic rings. The highest BCUT2D eigenvalue weighted by molar-refractivity contribution is 7.26. The molecule has 262 valence electrons. The van der Waals surface area contributed by atoms with E-state index in [4.69, 9.17) is 16.3 Å². The third-order valence-electron chi connectivity index (χ3n) is 10.5. The van der Waals surface area contributed by atoms with Crippen molar-refractivity contribution in [1.29, 1.82) is 0 Å². The molecule has 0 saturated heterocycles. The van der Waals surface area contributed by atoms with Crippen LogP contribution in [0.15, 0.2) is 188 Å². The van der Waals surface area contributed by atoms with Gasteiger partial charge in [0.25, 0.3) is 0 Å². The average Bonchev–Trinajstić information content (AvgIpc) is 3.85. The second-order valence-corrected chi connectivity index (χ2v) is 16.1. The second-order valence-electron chi connectivity index (χ2n) is 13.9. The lowest BCUT2D eigenvalue weighted by molar-refractivity contribution is 1.08. The summed E-state index contributed by atoms with van der Waals surface area (Å²) in [6.45, 7) is 0. The molecule has 56 heavy (non-hydrogen) atoms. The first-order valence-electron chi connectivity index (χ1n) is 19.1. The van der Waals surface area contributed by atoms with E-state index >= 15 is 0 Å². The maximum atomic E-state index is 7.85. The van der Waals surface area contributed by atoms with Crippen molar-refractivity contribution in [2.75, 3.05) is 0 Å². The first kappa shape index (κ1) is 31.5. The molecule has 0 unspecified atom stereocenters. The van der Waals surface area contributed by atoms with E-state index in [-0.39, 0.29) is 0 Å². The van der Waals surface area contributed by atoms with Crippen molar-refractivity contribution >= 4 is 63.0 Å². The molecule has 0 saturated carbocycles. The van der Waals surface area contributed by atoms with E-state index in [9.17, 15) is 0 Å². The Labute approximate surface area is 333 Å². The van der Waals surface area contributed by atoms with Crippen LogP contribution in [0.1, 0.15) is 1.37 Å². The van der Waals surface area contributed by atoms with E-state index in [1.807, 2.05) is 42.5 Å². The zero-order chi connectivity index (χ0) is 37.9. The number of nitrogens with zero attached hydrogens (tertiary/aromatic N) is 3. The molecular formula is C51H31N3S2. The molecule has 0 bridgehead atoms. The largest absolute Gasteiger partial charge is 0.208 e. The number of thiophene rings is 2. The van der Waals surface area contributed by atoms with Gasteiger partial charge in [0.15, 0.2) is 17.5 Å². The lowest BCUT2D eigenvalue weighted by Gasteiger charge is -2.11. The summed E-state index contributed by atoms with van der Waals surface area (Å²) in [5.74, 6) is 1.98. The van der Waals surface area contributed by atoms with Gasteiger partial charge in [-0.05, 0) is 69.8 Å². The Hall–Kier alpha value is -6.79. The third-order valence-corrected chi connectivity index (χ3v) is 12.8. The molecule has 5 heteroatoms. The highest BCUT2D eigenvalue weighted by Crippen LogP contribution is 2.43. The van der Waals surface area contributed by atoms with Gasteiger partial charge in [-0.3, -0.25) is 0 Å². The number of rotatable bonds is 6. The first-order chi connectivity index (χ1) is 28.1. The van der Waals surface area contributed by atoms with Crippen LogP contribution in [0.2, 0.25) is 0 Å². The summed E-state index contributed by atoms with van der Waals surface area (Å²) >= 11 is 3.60. The van der Waals surface area contributed by atoms with Crippen LogP contribution < -0.4 is 0 Å². The predicted molar refractivity (Wildman–Crippen MR) is 238 cm³/mol. The van der Waals surface area contributed by atoms with Crippen molar-refractivity contribution < 1.29 is 1.37 Å². The second kappa shape index (κ2) is 13.5. The van der Waals surface area contributed by atoms with Gasteiger partial charge in [-0.1, -0.05) is 152 Å². The van der Waals surface area contributed by atoms with Crippen LogP contribution >= 0.6 is 22.7 Å². The minimum atomic E-state index is 0.518. The zero-order valence-corrected chi connectivity index (χ0v) is 31.6. The van der Waals surface area contributed by atoms with Crippen molar-refractivity contribution in [1.82, 2.24) is 15.0 Å². The molecule has 0 amide bonds. The normalized spacial score (nSPS) is 11.8. The van der Waals surface area contributed by atoms with Gasteiger partial charge in [0, 0.05) is 57.0 Å². The Bertz CT molecular complexity index is 3300. The molecule has 0 aliphatic carbocycles. The average molecular weight is 751 g/mol. The van der Waals surface area contributed by atoms with Gasteiger partial charge in [0.1, 0.15) is 0 Å². The minimum Gasteiger partial charge on any atom is -0.208 e. The summed E-state index contributed by atoms with van der Waals surface area (Å²) < 4.78 is 12.7. The molecular weight excluding hydrogens is 719 g/mol. The maximum absolute atomic E-state index is 7.85. The van der Waals surface area contributed by atoms with E-state index in [1.54, 1.807) is 22.7 Å². The fourth-order valence-electron chi connectivity index (χ4n) is 7.80. The van der Waals surface area contributed by atoms with Gasteiger partial charge >= 0.3 is 0 Å². The molecule has 8 aromatic carbocycles. The van der Waals surface area contributed by atoms with Gasteiger partial charge in [-0.15, -0.1) is 22.7 Å². The van der Waals surface area contributed by atoms with E-state index in [1.165, 1.54) is 35.0 Å². The Morgan fingerprint density at radius 3 is 1.46 bits per heavy atom. The van der Waals surface area contributed by atoms with Crippen molar-refractivity contribution in [3.63, 3.8) is 0 Å². The van der Waals surface area contributed by atoms with Crippen LogP contribution in [0.3, 0.4) is 0 Å². The van der Waals surface area contributed by atoms with Crippen LogP contribution in [0.4, 0.5) is 0 Å². The van der Waals surface area contributed by atoms with Gasteiger partial charge in [0.05, 0.1) is 1.37 Å². The molecule has 0 aliphatic rings. The van der Waals surface area contributed by atoms with E-state index < -0.39 is 0 Å². The van der Waals surface area contributed by atoms with Crippen molar-refractivity contribution in [2.45, 2.75) is 0 Å². The lowest BCUT2D eigenvalue weighted by Crippen LogP contribution is -2.00. The van der Waals surface area contributed by atoms with Crippen LogP contribution in [0, 0.1) is 0 Å². The summed E-state index contributed by atoms with van der Waals surface area (Å²) in [5.41, 5.74) is 9.83. The van der Waals surface area contributed by atoms with Gasteiger partial charge < -0.3 is 0 Å². The Kier molecular flexibility index (Phi) is 7.61. The molecule has 11 rings (SSSR count). The topological polar surface area (TPSA) is 38.7 Å². The van der Waals surface area contributed by atoms with Crippen molar-refractivity contribution in [3.05, 3.63) is 188 Å².